The molecule has 1 aromatic heterocycles. The first kappa shape index (κ1) is 18.5. The molecule has 2 amide bonds. The van der Waals surface area contributed by atoms with Crippen LogP contribution in [0.3, 0.4) is 0 Å². The topological polar surface area (TPSA) is 65.2 Å². The van der Waals surface area contributed by atoms with E-state index in [1.54, 1.807) is 6.07 Å². The third kappa shape index (κ3) is 4.11. The standard InChI is InChI=1S/C19H16F3N3O2/c1-25(10-11-6-13(20)18(22)14(21)7-11)17(26)9-23-19(27)16-8-12-4-2-3-5-15(12)24-16/h2-8,24H,9-10H2,1H3,(H,23,27). The summed E-state index contributed by atoms with van der Waals surface area (Å²) in [6, 6.07) is 10.7. The Hall–Kier alpha value is -3.29. The van der Waals surface area contributed by atoms with Crippen molar-refractivity contribution in [3.63, 3.8) is 0 Å². The summed E-state index contributed by atoms with van der Waals surface area (Å²) in [7, 11) is 1.41. The molecule has 0 spiro atoms. The quantitative estimate of drug-likeness (QED) is 0.674. The number of halogens is 3. The van der Waals surface area contributed by atoms with Crippen molar-refractivity contribution < 1.29 is 22.8 Å². The van der Waals surface area contributed by atoms with Crippen molar-refractivity contribution in [3.8, 4) is 0 Å². The first-order valence-corrected chi connectivity index (χ1v) is 8.08. The minimum atomic E-state index is -1.56. The Bertz CT molecular complexity index is 960. The van der Waals surface area contributed by atoms with Gasteiger partial charge in [0.1, 0.15) is 5.69 Å². The van der Waals surface area contributed by atoms with E-state index in [2.05, 4.69) is 10.3 Å². The molecule has 8 heteroatoms. The molecule has 5 nitrogen and oxygen atoms in total. The van der Waals surface area contributed by atoms with Crippen LogP contribution in [0.2, 0.25) is 0 Å². The van der Waals surface area contributed by atoms with Gasteiger partial charge >= 0.3 is 0 Å². The third-order valence-electron chi connectivity index (χ3n) is 4.06. The number of nitrogens with one attached hydrogen (secondary N) is 2. The number of H-pyrrole nitrogens is 1. The first-order valence-electron chi connectivity index (χ1n) is 8.08. The molecular weight excluding hydrogens is 359 g/mol. The molecule has 3 aromatic rings. The zero-order valence-corrected chi connectivity index (χ0v) is 14.4. The number of benzene rings is 2. The average molecular weight is 375 g/mol. The molecular formula is C19H16F3N3O2. The highest BCUT2D eigenvalue weighted by atomic mass is 19.2. The van der Waals surface area contributed by atoms with Crippen molar-refractivity contribution in [2.75, 3.05) is 13.6 Å². The molecule has 0 radical (unpaired) electrons. The Labute approximate surface area is 152 Å². The largest absolute Gasteiger partial charge is 0.351 e. The lowest BCUT2D eigenvalue weighted by atomic mass is 10.2. The van der Waals surface area contributed by atoms with Gasteiger partial charge in [-0.3, -0.25) is 9.59 Å². The van der Waals surface area contributed by atoms with Crippen molar-refractivity contribution in [3.05, 3.63) is 71.2 Å². The molecule has 0 unspecified atom stereocenters. The Morgan fingerprint density at radius 1 is 1.07 bits per heavy atom. The molecule has 0 aliphatic heterocycles. The highest BCUT2D eigenvalue weighted by Crippen LogP contribution is 2.15. The van der Waals surface area contributed by atoms with Crippen LogP contribution in [0.15, 0.2) is 42.5 Å². The molecule has 0 atom stereocenters. The van der Waals surface area contributed by atoms with Gasteiger partial charge in [0.25, 0.3) is 5.91 Å². The number of carbonyl (C=O) groups excluding carboxylic acids is 2. The zero-order valence-electron chi connectivity index (χ0n) is 14.4. The lowest BCUT2D eigenvalue weighted by Crippen LogP contribution is -2.38. The van der Waals surface area contributed by atoms with E-state index >= 15 is 0 Å². The van der Waals surface area contributed by atoms with Crippen LogP contribution in [0.1, 0.15) is 16.1 Å². The van der Waals surface area contributed by atoms with Crippen molar-refractivity contribution in [2.45, 2.75) is 6.54 Å². The number of amides is 2. The van der Waals surface area contributed by atoms with Gasteiger partial charge in [-0.25, -0.2) is 13.2 Å². The Kier molecular flexibility index (Phi) is 5.16. The molecule has 0 aliphatic carbocycles. The van der Waals surface area contributed by atoms with Crippen molar-refractivity contribution in [1.82, 2.24) is 15.2 Å². The molecule has 0 saturated heterocycles. The maximum Gasteiger partial charge on any atom is 0.268 e. The molecule has 2 N–H and O–H groups in total. The fraction of sp³-hybridized carbons (Fsp3) is 0.158. The summed E-state index contributed by atoms with van der Waals surface area (Å²) >= 11 is 0. The van der Waals surface area contributed by atoms with Crippen LogP contribution >= 0.6 is 0 Å². The molecule has 0 fully saturated rings. The molecule has 140 valence electrons. The number of hydrogen-bond donors (Lipinski definition) is 2. The van der Waals surface area contributed by atoms with Crippen LogP contribution in [-0.2, 0) is 11.3 Å². The van der Waals surface area contributed by atoms with Gasteiger partial charge in [-0.1, -0.05) is 18.2 Å². The molecule has 2 aromatic carbocycles. The van der Waals surface area contributed by atoms with Gasteiger partial charge < -0.3 is 15.2 Å². The average Bonchev–Trinajstić information content (AvgIpc) is 3.08. The van der Waals surface area contributed by atoms with Gasteiger partial charge in [-0.05, 0) is 29.8 Å². The lowest BCUT2D eigenvalue weighted by Gasteiger charge is -2.17. The summed E-state index contributed by atoms with van der Waals surface area (Å²) in [6.45, 7) is -0.425. The summed E-state index contributed by atoms with van der Waals surface area (Å²) in [5.74, 6) is -5.12. The van der Waals surface area contributed by atoms with Crippen molar-refractivity contribution >= 4 is 22.7 Å². The number of hydrogen-bond acceptors (Lipinski definition) is 2. The van der Waals surface area contributed by atoms with E-state index in [1.165, 1.54) is 11.9 Å². The Balaban J connectivity index is 1.59. The number of aromatic amines is 1. The van der Waals surface area contributed by atoms with Gasteiger partial charge in [-0.15, -0.1) is 0 Å². The monoisotopic (exact) mass is 375 g/mol. The van der Waals surface area contributed by atoms with Crippen LogP contribution in [0.25, 0.3) is 10.9 Å². The number of para-hydroxylation sites is 1. The van der Waals surface area contributed by atoms with Crippen molar-refractivity contribution in [1.29, 1.82) is 0 Å². The Morgan fingerprint density at radius 2 is 1.74 bits per heavy atom. The fourth-order valence-electron chi connectivity index (χ4n) is 2.64. The second-order valence-electron chi connectivity index (χ2n) is 6.08. The predicted octanol–water partition coefficient (Wildman–Crippen LogP) is 2.97. The van der Waals surface area contributed by atoms with Gasteiger partial charge in [0.15, 0.2) is 17.5 Å². The van der Waals surface area contributed by atoms with Crippen LogP contribution in [0.4, 0.5) is 13.2 Å². The minimum absolute atomic E-state index is 0.101. The first-order chi connectivity index (χ1) is 12.8. The second-order valence-corrected chi connectivity index (χ2v) is 6.08. The number of likely N-dealkylation sites (N-methyl/N-ethyl adjacent to an activating group) is 1. The number of fused-ring (bicyclic) bond motifs is 1. The Morgan fingerprint density at radius 3 is 2.41 bits per heavy atom. The van der Waals surface area contributed by atoms with Gasteiger partial charge in [0.05, 0.1) is 6.54 Å². The summed E-state index contributed by atoms with van der Waals surface area (Å²) in [5, 5.41) is 3.36. The van der Waals surface area contributed by atoms with Crippen LogP contribution in [0, 0.1) is 17.5 Å². The SMILES string of the molecule is CN(Cc1cc(F)c(F)c(F)c1)C(=O)CNC(=O)c1cc2ccccc2[nH]1. The van der Waals surface area contributed by atoms with Crippen LogP contribution in [-0.4, -0.2) is 35.3 Å². The lowest BCUT2D eigenvalue weighted by molar-refractivity contribution is -0.129. The van der Waals surface area contributed by atoms with E-state index in [1.807, 2.05) is 24.3 Å². The van der Waals surface area contributed by atoms with E-state index in [9.17, 15) is 22.8 Å². The summed E-state index contributed by atoms with van der Waals surface area (Å²) in [4.78, 5) is 28.4. The maximum absolute atomic E-state index is 13.2. The highest BCUT2D eigenvalue weighted by molar-refractivity contribution is 5.99. The van der Waals surface area contributed by atoms with Crippen molar-refractivity contribution in [2.24, 2.45) is 0 Å². The van der Waals surface area contributed by atoms with E-state index < -0.39 is 29.3 Å². The molecule has 0 saturated carbocycles. The normalized spacial score (nSPS) is 10.8. The molecule has 0 bridgehead atoms. The van der Waals surface area contributed by atoms with E-state index in [0.29, 0.717) is 5.69 Å². The van der Waals surface area contributed by atoms with Gasteiger partial charge in [-0.2, -0.15) is 0 Å². The molecule has 1 heterocycles. The van der Waals surface area contributed by atoms with Crippen LogP contribution < -0.4 is 5.32 Å². The highest BCUT2D eigenvalue weighted by Gasteiger charge is 2.16. The minimum Gasteiger partial charge on any atom is -0.351 e. The third-order valence-corrected chi connectivity index (χ3v) is 4.06. The molecule has 3 rings (SSSR count). The van der Waals surface area contributed by atoms with Gasteiger partial charge in [0.2, 0.25) is 5.91 Å². The molecule has 0 aliphatic rings. The smallest absolute Gasteiger partial charge is 0.268 e. The zero-order chi connectivity index (χ0) is 19.6. The molecule has 27 heavy (non-hydrogen) atoms. The summed E-state index contributed by atoms with van der Waals surface area (Å²) < 4.78 is 39.5. The van der Waals surface area contributed by atoms with E-state index in [-0.39, 0.29) is 18.7 Å². The predicted molar refractivity (Wildman–Crippen MR) is 93.4 cm³/mol. The summed E-state index contributed by atoms with van der Waals surface area (Å²) in [5.41, 5.74) is 1.21. The van der Waals surface area contributed by atoms with Gasteiger partial charge in [0, 0.05) is 24.5 Å². The van der Waals surface area contributed by atoms with E-state index in [0.717, 1.165) is 23.0 Å². The number of aromatic nitrogens is 1. The number of nitrogens with zero attached hydrogens (tertiary/aromatic N) is 1. The fourth-order valence-corrected chi connectivity index (χ4v) is 2.64. The summed E-state index contributed by atoms with van der Waals surface area (Å²) in [6.07, 6.45) is 0. The second kappa shape index (κ2) is 7.53. The number of rotatable bonds is 5. The maximum atomic E-state index is 13.2. The number of carbonyl (C=O) groups is 2. The van der Waals surface area contributed by atoms with Crippen LogP contribution in [0.5, 0.6) is 0 Å². The van der Waals surface area contributed by atoms with E-state index in [4.69, 9.17) is 0 Å².